The van der Waals surface area contributed by atoms with Crippen molar-refractivity contribution in [1.82, 2.24) is 35.8 Å². The van der Waals surface area contributed by atoms with Crippen LogP contribution in [0, 0.1) is 5.92 Å². The Morgan fingerprint density at radius 2 is 1.79 bits per heavy atom. The molecule has 4 amide bonds. The molecule has 3 aliphatic rings. The van der Waals surface area contributed by atoms with E-state index in [4.69, 9.17) is 9.47 Å². The van der Waals surface area contributed by atoms with E-state index in [1.54, 1.807) is 29.1 Å². The molecule has 0 aliphatic carbocycles. The molecule has 0 spiro atoms. The summed E-state index contributed by atoms with van der Waals surface area (Å²) in [5.74, 6) is -0.980. The van der Waals surface area contributed by atoms with Crippen molar-refractivity contribution in [3.63, 3.8) is 0 Å². The van der Waals surface area contributed by atoms with Gasteiger partial charge in [0, 0.05) is 24.9 Å². The van der Waals surface area contributed by atoms with E-state index in [0.29, 0.717) is 22.8 Å². The Balaban J connectivity index is 1.31. The predicted molar refractivity (Wildman–Crippen MR) is 152 cm³/mol. The molecule has 6 rings (SSSR count). The molecule has 4 bridgehead atoms. The molecule has 3 aliphatic heterocycles. The molecule has 3 N–H and O–H groups in total. The summed E-state index contributed by atoms with van der Waals surface area (Å²) in [6.07, 6.45) is 2.22. The van der Waals surface area contributed by atoms with Crippen LogP contribution in [0.3, 0.4) is 0 Å². The van der Waals surface area contributed by atoms with E-state index < -0.39 is 29.9 Å². The van der Waals surface area contributed by atoms with Crippen LogP contribution in [0.25, 0.3) is 0 Å². The number of fused-ring (bicyclic) bond motifs is 6. The zero-order valence-electron chi connectivity index (χ0n) is 23.9. The van der Waals surface area contributed by atoms with E-state index in [0.717, 1.165) is 5.56 Å². The van der Waals surface area contributed by atoms with Crippen LogP contribution in [0.1, 0.15) is 47.9 Å². The third-order valence-electron chi connectivity index (χ3n) is 8.00. The molecule has 13 nitrogen and oxygen atoms in total. The maximum atomic E-state index is 13.8. The van der Waals surface area contributed by atoms with E-state index >= 15 is 0 Å². The van der Waals surface area contributed by atoms with Gasteiger partial charge in [0.05, 0.1) is 18.8 Å². The summed E-state index contributed by atoms with van der Waals surface area (Å²) in [7, 11) is 0. The van der Waals surface area contributed by atoms with Crippen LogP contribution in [0.4, 0.5) is 0 Å². The van der Waals surface area contributed by atoms with Gasteiger partial charge in [-0.3, -0.25) is 19.2 Å². The fourth-order valence-electron chi connectivity index (χ4n) is 5.65. The first-order valence-electron chi connectivity index (χ1n) is 14.3. The third-order valence-corrected chi connectivity index (χ3v) is 8.00. The summed E-state index contributed by atoms with van der Waals surface area (Å²) in [5, 5.41) is 17.0. The van der Waals surface area contributed by atoms with Crippen LogP contribution in [0.15, 0.2) is 54.7 Å². The second-order valence-corrected chi connectivity index (χ2v) is 11.3. The first-order chi connectivity index (χ1) is 20.8. The molecule has 1 aromatic heterocycles. The van der Waals surface area contributed by atoms with Gasteiger partial charge >= 0.3 is 0 Å². The average molecular weight is 588 g/mol. The zero-order valence-corrected chi connectivity index (χ0v) is 23.9. The van der Waals surface area contributed by atoms with Crippen LogP contribution in [0.5, 0.6) is 11.5 Å². The molecular weight excluding hydrogens is 554 g/mol. The molecule has 1 saturated heterocycles. The van der Waals surface area contributed by atoms with Crippen LogP contribution in [-0.4, -0.2) is 75.0 Å². The van der Waals surface area contributed by atoms with Gasteiger partial charge in [0.25, 0.3) is 5.91 Å². The Morgan fingerprint density at radius 1 is 1.00 bits per heavy atom. The van der Waals surface area contributed by atoms with Gasteiger partial charge < -0.3 is 30.3 Å². The van der Waals surface area contributed by atoms with Gasteiger partial charge in [-0.2, -0.15) is 0 Å². The Bertz CT molecular complexity index is 1540. The lowest BCUT2D eigenvalue weighted by Crippen LogP contribution is -2.58. The predicted octanol–water partition coefficient (Wildman–Crippen LogP) is 0.961. The highest BCUT2D eigenvalue weighted by Crippen LogP contribution is 2.35. The number of aromatic nitrogens is 3. The van der Waals surface area contributed by atoms with Crippen molar-refractivity contribution < 1.29 is 28.7 Å². The van der Waals surface area contributed by atoms with Gasteiger partial charge in [-0.15, -0.1) is 5.10 Å². The van der Waals surface area contributed by atoms with E-state index in [2.05, 4.69) is 26.3 Å². The van der Waals surface area contributed by atoms with Gasteiger partial charge in [-0.05, 0) is 29.7 Å². The minimum absolute atomic E-state index is 0.0732. The summed E-state index contributed by atoms with van der Waals surface area (Å²) >= 11 is 0. The van der Waals surface area contributed by atoms with Crippen LogP contribution in [-0.2, 0) is 27.3 Å². The second kappa shape index (κ2) is 11.7. The Hall–Kier alpha value is -4.94. The van der Waals surface area contributed by atoms with Gasteiger partial charge in [0.2, 0.25) is 24.5 Å². The van der Waals surface area contributed by atoms with Crippen molar-refractivity contribution in [1.29, 1.82) is 0 Å². The van der Waals surface area contributed by atoms with E-state index in [1.807, 2.05) is 44.2 Å². The highest BCUT2D eigenvalue weighted by Gasteiger charge is 2.43. The van der Waals surface area contributed by atoms with Gasteiger partial charge in [0.15, 0.2) is 11.5 Å². The summed E-state index contributed by atoms with van der Waals surface area (Å²) in [6.45, 7) is 3.99. The van der Waals surface area contributed by atoms with Crippen molar-refractivity contribution in [2.75, 3.05) is 13.3 Å². The molecule has 43 heavy (non-hydrogen) atoms. The molecule has 4 heterocycles. The third kappa shape index (κ3) is 5.87. The number of rotatable bonds is 4. The summed E-state index contributed by atoms with van der Waals surface area (Å²) in [5.41, 5.74) is 1.72. The van der Waals surface area contributed by atoms with Crippen LogP contribution < -0.4 is 25.4 Å². The highest BCUT2D eigenvalue weighted by atomic mass is 16.7. The Kier molecular flexibility index (Phi) is 7.70. The summed E-state index contributed by atoms with van der Waals surface area (Å²) in [6, 6.07) is 11.2. The molecular formula is C30H33N7O6. The number of ether oxygens (including phenoxy) is 2. The molecule has 0 radical (unpaired) electrons. The van der Waals surface area contributed by atoms with Crippen LogP contribution in [0.2, 0.25) is 0 Å². The van der Waals surface area contributed by atoms with Gasteiger partial charge in [-0.25, -0.2) is 4.68 Å². The highest BCUT2D eigenvalue weighted by molar-refractivity contribution is 5.99. The van der Waals surface area contributed by atoms with Crippen molar-refractivity contribution in [2.24, 2.45) is 5.92 Å². The standard InChI is InChI=1S/C30H33N7O6/c1-17(2)26-29(40)32-22(10-18-6-4-3-5-7-18)27(38)31-13-20-14-37(35-34-20)21-12-23(28(39)33-26)36(15-21)30(41)19-8-9-24-25(11-19)43-16-42-24/h3-9,11,14,17,21-23,26H,10,12-13,15-16H2,1-2H3,(H,31,38)(H,32,40)(H,33,39)/t21-,22+,23-,26-/m0/s1. The molecule has 4 atom stereocenters. The Morgan fingerprint density at radius 3 is 2.58 bits per heavy atom. The minimum Gasteiger partial charge on any atom is -0.454 e. The molecule has 0 saturated carbocycles. The lowest BCUT2D eigenvalue weighted by Gasteiger charge is -2.29. The fraction of sp³-hybridized carbons (Fsp3) is 0.400. The van der Waals surface area contributed by atoms with E-state index in [1.165, 1.54) is 4.90 Å². The quantitative estimate of drug-likeness (QED) is 0.408. The number of benzene rings is 2. The second-order valence-electron chi connectivity index (χ2n) is 11.3. The SMILES string of the molecule is CC(C)[C@@H]1NC(=O)[C@@H]2C[C@@H](CN2C(=O)c2ccc3c(c2)OCO3)n2cc(nn2)CNC(=O)[C@@H](Cc2ccccc2)NC1=O. The zero-order chi connectivity index (χ0) is 30.1. The number of carbonyl (C=O) groups is 4. The Labute approximate surface area is 247 Å². The molecule has 224 valence electrons. The van der Waals surface area contributed by atoms with Gasteiger partial charge in [-0.1, -0.05) is 49.4 Å². The first-order valence-corrected chi connectivity index (χ1v) is 14.3. The largest absolute Gasteiger partial charge is 0.454 e. The van der Waals surface area contributed by atoms with Crippen molar-refractivity contribution in [3.8, 4) is 11.5 Å². The van der Waals surface area contributed by atoms with Crippen molar-refractivity contribution >= 4 is 23.6 Å². The lowest BCUT2D eigenvalue weighted by atomic mass is 10.00. The number of nitrogens with one attached hydrogen (secondary N) is 3. The number of likely N-dealkylation sites (tertiary alicyclic amines) is 1. The number of hydrogen-bond donors (Lipinski definition) is 3. The van der Waals surface area contributed by atoms with E-state index in [-0.39, 0.29) is 56.5 Å². The van der Waals surface area contributed by atoms with E-state index in [9.17, 15) is 19.2 Å². The van der Waals surface area contributed by atoms with Crippen molar-refractivity contribution in [2.45, 2.75) is 57.4 Å². The number of amides is 4. The molecule has 2 aromatic carbocycles. The first kappa shape index (κ1) is 28.2. The number of nitrogens with zero attached hydrogens (tertiary/aromatic N) is 4. The molecule has 13 heteroatoms. The maximum Gasteiger partial charge on any atom is 0.254 e. The molecule has 1 fully saturated rings. The average Bonchev–Trinajstić information content (AvgIpc) is 3.77. The number of carbonyl (C=O) groups excluding carboxylic acids is 4. The number of hydrogen-bond acceptors (Lipinski definition) is 8. The summed E-state index contributed by atoms with van der Waals surface area (Å²) < 4.78 is 12.4. The molecule has 0 unspecified atom stereocenters. The smallest absolute Gasteiger partial charge is 0.254 e. The normalized spacial score (nSPS) is 23.7. The topological polar surface area (TPSA) is 157 Å². The summed E-state index contributed by atoms with van der Waals surface area (Å²) in [4.78, 5) is 56.0. The minimum atomic E-state index is -0.942. The fourth-order valence-corrected chi connectivity index (χ4v) is 5.65. The molecule has 3 aromatic rings. The van der Waals surface area contributed by atoms with Gasteiger partial charge in [0.1, 0.15) is 23.8 Å². The lowest BCUT2D eigenvalue weighted by molar-refractivity contribution is -0.134. The maximum absolute atomic E-state index is 13.8. The van der Waals surface area contributed by atoms with Crippen molar-refractivity contribution in [3.05, 3.63) is 71.5 Å². The monoisotopic (exact) mass is 587 g/mol. The van der Waals surface area contributed by atoms with Crippen LogP contribution >= 0.6 is 0 Å².